The maximum atomic E-state index is 8.82. The van der Waals surface area contributed by atoms with E-state index in [1.165, 1.54) is 0 Å². The zero-order valence-electron chi connectivity index (χ0n) is 10.7. The van der Waals surface area contributed by atoms with Gasteiger partial charge in [0.1, 0.15) is 0 Å². The van der Waals surface area contributed by atoms with E-state index < -0.39 is 0 Å². The van der Waals surface area contributed by atoms with Crippen molar-refractivity contribution >= 4 is 5.57 Å². The molecule has 0 amide bonds. The molecule has 0 aliphatic heterocycles. The van der Waals surface area contributed by atoms with Crippen LogP contribution in [0.2, 0.25) is 0 Å². The number of hydrogen-bond acceptors (Lipinski definition) is 4. The monoisotopic (exact) mass is 245 g/mol. The smallest absolute Gasteiger partial charge is 0.203 e. The highest BCUT2D eigenvalue weighted by Gasteiger charge is 2.26. The van der Waals surface area contributed by atoms with Crippen molar-refractivity contribution in [2.45, 2.75) is 12.8 Å². The molecule has 0 unspecified atom stereocenters. The fourth-order valence-corrected chi connectivity index (χ4v) is 2.37. The van der Waals surface area contributed by atoms with E-state index in [4.69, 9.17) is 19.5 Å². The van der Waals surface area contributed by atoms with Gasteiger partial charge in [-0.1, -0.05) is 0 Å². The van der Waals surface area contributed by atoms with E-state index in [1.807, 2.05) is 6.07 Å². The molecule has 0 radical (unpaired) electrons. The third kappa shape index (κ3) is 1.78. The lowest BCUT2D eigenvalue weighted by atomic mass is 10.0. The Balaban J connectivity index is 2.71. The molecule has 0 N–H and O–H groups in total. The zero-order chi connectivity index (χ0) is 13.1. The molecule has 94 valence electrons. The molecule has 1 aliphatic carbocycles. The summed E-state index contributed by atoms with van der Waals surface area (Å²) in [6, 6.07) is 4.03. The number of nitriles is 1. The summed E-state index contributed by atoms with van der Waals surface area (Å²) in [7, 11) is 4.78. The molecule has 18 heavy (non-hydrogen) atoms. The fourth-order valence-electron chi connectivity index (χ4n) is 2.37. The van der Waals surface area contributed by atoms with E-state index in [1.54, 1.807) is 27.4 Å². The van der Waals surface area contributed by atoms with Crippen LogP contribution in [-0.2, 0) is 6.42 Å². The lowest BCUT2D eigenvalue weighted by Gasteiger charge is -2.16. The Morgan fingerprint density at radius 2 is 1.83 bits per heavy atom. The third-order valence-corrected chi connectivity index (χ3v) is 3.14. The maximum absolute atomic E-state index is 8.82. The van der Waals surface area contributed by atoms with Gasteiger partial charge in [-0.25, -0.2) is 0 Å². The van der Waals surface area contributed by atoms with Crippen LogP contribution in [0.15, 0.2) is 12.1 Å². The van der Waals surface area contributed by atoms with Gasteiger partial charge in [0.05, 0.1) is 27.4 Å². The molecule has 4 heteroatoms. The first kappa shape index (κ1) is 12.3. The van der Waals surface area contributed by atoms with Crippen molar-refractivity contribution in [1.82, 2.24) is 0 Å². The van der Waals surface area contributed by atoms with Crippen LogP contribution in [0.5, 0.6) is 17.2 Å². The number of fused-ring (bicyclic) bond motifs is 1. The molecule has 4 nitrogen and oxygen atoms in total. The summed E-state index contributed by atoms with van der Waals surface area (Å²) in [5.74, 6) is 1.88. The van der Waals surface area contributed by atoms with Crippen molar-refractivity contribution in [3.63, 3.8) is 0 Å². The number of allylic oxidation sites excluding steroid dienone is 2. The Bertz CT molecular complexity index is 541. The third-order valence-electron chi connectivity index (χ3n) is 3.14. The van der Waals surface area contributed by atoms with Gasteiger partial charge in [0.25, 0.3) is 0 Å². The quantitative estimate of drug-likeness (QED) is 0.768. The van der Waals surface area contributed by atoms with Gasteiger partial charge in [0, 0.05) is 11.6 Å². The Labute approximate surface area is 106 Å². The van der Waals surface area contributed by atoms with Crippen LogP contribution in [0, 0.1) is 11.3 Å². The van der Waals surface area contributed by atoms with Crippen LogP contribution >= 0.6 is 0 Å². The summed E-state index contributed by atoms with van der Waals surface area (Å²) < 4.78 is 16.1. The number of aryl methyl sites for hydroxylation is 1. The van der Waals surface area contributed by atoms with Crippen molar-refractivity contribution in [2.75, 3.05) is 21.3 Å². The normalized spacial score (nSPS) is 15.1. The number of rotatable bonds is 3. The topological polar surface area (TPSA) is 51.5 Å². The Kier molecular flexibility index (Phi) is 3.42. The van der Waals surface area contributed by atoms with Crippen LogP contribution in [0.25, 0.3) is 5.57 Å². The minimum atomic E-state index is 0.574. The minimum Gasteiger partial charge on any atom is -0.493 e. The van der Waals surface area contributed by atoms with E-state index in [-0.39, 0.29) is 0 Å². The molecule has 1 aliphatic rings. The molecular formula is C14H15NO3. The van der Waals surface area contributed by atoms with Crippen molar-refractivity contribution in [3.05, 3.63) is 23.3 Å². The maximum Gasteiger partial charge on any atom is 0.203 e. The van der Waals surface area contributed by atoms with E-state index in [9.17, 15) is 0 Å². The summed E-state index contributed by atoms with van der Waals surface area (Å²) in [5.41, 5.74) is 3.09. The van der Waals surface area contributed by atoms with E-state index in [2.05, 4.69) is 6.07 Å². The molecule has 0 saturated heterocycles. The SMILES string of the molecule is COc1cc2c(c(OC)c1OC)/C(=C/C#N)CC2. The fraction of sp³-hybridized carbons (Fsp3) is 0.357. The minimum absolute atomic E-state index is 0.574. The highest BCUT2D eigenvalue weighted by molar-refractivity contribution is 5.82. The molecule has 0 aromatic heterocycles. The Hall–Kier alpha value is -2.15. The first-order chi connectivity index (χ1) is 8.76. The first-order valence-electron chi connectivity index (χ1n) is 5.67. The lowest BCUT2D eigenvalue weighted by Crippen LogP contribution is -1.99. The van der Waals surface area contributed by atoms with E-state index in [0.717, 1.165) is 29.5 Å². The number of benzene rings is 1. The Morgan fingerprint density at radius 3 is 2.39 bits per heavy atom. The van der Waals surface area contributed by atoms with Crippen molar-refractivity contribution < 1.29 is 14.2 Å². The molecular weight excluding hydrogens is 230 g/mol. The van der Waals surface area contributed by atoms with Crippen LogP contribution in [0.4, 0.5) is 0 Å². The van der Waals surface area contributed by atoms with Gasteiger partial charge < -0.3 is 14.2 Å². The molecule has 0 atom stereocenters. The highest BCUT2D eigenvalue weighted by Crippen LogP contribution is 2.48. The highest BCUT2D eigenvalue weighted by atomic mass is 16.5. The predicted octanol–water partition coefficient (Wildman–Crippen LogP) is 2.57. The van der Waals surface area contributed by atoms with E-state index in [0.29, 0.717) is 17.2 Å². The molecule has 0 spiro atoms. The van der Waals surface area contributed by atoms with Gasteiger partial charge in [-0.2, -0.15) is 5.26 Å². The lowest BCUT2D eigenvalue weighted by molar-refractivity contribution is 0.323. The molecule has 2 rings (SSSR count). The molecule has 0 saturated carbocycles. The summed E-state index contributed by atoms with van der Waals surface area (Å²) in [4.78, 5) is 0. The van der Waals surface area contributed by atoms with Gasteiger partial charge in [-0.3, -0.25) is 0 Å². The zero-order valence-corrected chi connectivity index (χ0v) is 10.7. The molecule has 0 heterocycles. The summed E-state index contributed by atoms with van der Waals surface area (Å²) in [6.45, 7) is 0. The Morgan fingerprint density at radius 1 is 1.11 bits per heavy atom. The molecule has 0 bridgehead atoms. The summed E-state index contributed by atoms with van der Waals surface area (Å²) in [5, 5.41) is 8.82. The van der Waals surface area contributed by atoms with Gasteiger partial charge in [-0.15, -0.1) is 0 Å². The van der Waals surface area contributed by atoms with Gasteiger partial charge in [0.15, 0.2) is 11.5 Å². The van der Waals surface area contributed by atoms with Gasteiger partial charge >= 0.3 is 0 Å². The second-order valence-corrected chi connectivity index (χ2v) is 3.98. The van der Waals surface area contributed by atoms with Gasteiger partial charge in [-0.05, 0) is 30.0 Å². The standard InChI is InChI=1S/C14H15NO3/c1-16-11-8-10-5-4-9(6-7-15)12(10)14(18-3)13(11)17-2/h6,8H,4-5H2,1-3H3/b9-6+. The largest absolute Gasteiger partial charge is 0.493 e. The van der Waals surface area contributed by atoms with Crippen LogP contribution in [0.3, 0.4) is 0 Å². The number of nitrogens with zero attached hydrogens (tertiary/aromatic N) is 1. The summed E-state index contributed by atoms with van der Waals surface area (Å²) >= 11 is 0. The van der Waals surface area contributed by atoms with Crippen LogP contribution in [0.1, 0.15) is 17.5 Å². The second-order valence-electron chi connectivity index (χ2n) is 3.98. The molecule has 1 aromatic rings. The number of hydrogen-bond donors (Lipinski definition) is 0. The number of ether oxygens (including phenoxy) is 3. The predicted molar refractivity (Wildman–Crippen MR) is 68.0 cm³/mol. The first-order valence-corrected chi connectivity index (χ1v) is 5.67. The van der Waals surface area contributed by atoms with Crippen molar-refractivity contribution in [2.24, 2.45) is 0 Å². The molecule has 1 aromatic carbocycles. The van der Waals surface area contributed by atoms with Gasteiger partial charge in [0.2, 0.25) is 5.75 Å². The van der Waals surface area contributed by atoms with Crippen molar-refractivity contribution in [3.8, 4) is 23.3 Å². The number of methoxy groups -OCH3 is 3. The van der Waals surface area contributed by atoms with Crippen molar-refractivity contribution in [1.29, 1.82) is 5.26 Å². The summed E-state index contributed by atoms with van der Waals surface area (Å²) in [6.07, 6.45) is 3.30. The van der Waals surface area contributed by atoms with E-state index >= 15 is 0 Å². The van der Waals surface area contributed by atoms with Crippen LogP contribution < -0.4 is 14.2 Å². The van der Waals surface area contributed by atoms with Crippen LogP contribution in [-0.4, -0.2) is 21.3 Å². The average Bonchev–Trinajstić information content (AvgIpc) is 2.79. The average molecular weight is 245 g/mol. The second kappa shape index (κ2) is 5.01. The molecule has 0 fully saturated rings.